The second-order valence-corrected chi connectivity index (χ2v) is 6.10. The summed E-state index contributed by atoms with van der Waals surface area (Å²) in [5.41, 5.74) is 2.43. The number of halogens is 1. The number of likely N-dealkylation sites (tertiary alicyclic amines) is 1. The average molecular weight is 303 g/mol. The van der Waals surface area contributed by atoms with Crippen molar-refractivity contribution in [3.63, 3.8) is 0 Å². The van der Waals surface area contributed by atoms with E-state index in [4.69, 9.17) is 11.6 Å². The number of benzene rings is 1. The Hall–Kier alpha value is -1.57. The molecule has 3 rings (SSSR count). The van der Waals surface area contributed by atoms with Gasteiger partial charge in [-0.1, -0.05) is 6.07 Å². The first-order valence-electron chi connectivity index (χ1n) is 7.35. The molecule has 2 heterocycles. The highest BCUT2D eigenvalue weighted by molar-refractivity contribution is 6.16. The predicted octanol–water partition coefficient (Wildman–Crippen LogP) is 2.99. The smallest absolute Gasteiger partial charge is 0.124 e. The normalized spacial score (nSPS) is 19.8. The van der Waals surface area contributed by atoms with Crippen LogP contribution in [0.4, 0.5) is 0 Å². The van der Waals surface area contributed by atoms with Crippen molar-refractivity contribution in [1.29, 1.82) is 5.26 Å². The van der Waals surface area contributed by atoms with Gasteiger partial charge in [0.05, 0.1) is 17.0 Å². The third-order valence-corrected chi connectivity index (χ3v) is 4.50. The number of piperidine rings is 1. The summed E-state index contributed by atoms with van der Waals surface area (Å²) >= 11 is 6.07. The lowest BCUT2D eigenvalue weighted by molar-refractivity contribution is 0.195. The Morgan fingerprint density at radius 3 is 3.05 bits per heavy atom. The van der Waals surface area contributed by atoms with E-state index in [0.717, 1.165) is 29.9 Å². The van der Waals surface area contributed by atoms with Crippen LogP contribution in [0.15, 0.2) is 18.2 Å². The van der Waals surface area contributed by atoms with Crippen molar-refractivity contribution < 1.29 is 0 Å². The summed E-state index contributed by atoms with van der Waals surface area (Å²) in [5, 5.41) is 9.23. The second-order valence-electron chi connectivity index (χ2n) is 5.83. The molecular weight excluding hydrogens is 284 g/mol. The molecule has 1 aliphatic heterocycles. The highest BCUT2D eigenvalue weighted by atomic mass is 35.5. The fourth-order valence-corrected chi connectivity index (χ4v) is 3.48. The lowest BCUT2D eigenvalue weighted by atomic mass is 9.98. The number of fused-ring (bicyclic) bond motifs is 1. The van der Waals surface area contributed by atoms with Gasteiger partial charge in [0, 0.05) is 13.1 Å². The van der Waals surface area contributed by atoms with Gasteiger partial charge in [-0.15, -0.1) is 11.6 Å². The minimum Gasteiger partial charge on any atom is -0.327 e. The Kier molecular flexibility index (Phi) is 4.14. The molecule has 0 amide bonds. The van der Waals surface area contributed by atoms with Gasteiger partial charge < -0.3 is 9.47 Å². The van der Waals surface area contributed by atoms with Crippen molar-refractivity contribution in [3.05, 3.63) is 29.6 Å². The highest BCUT2D eigenvalue weighted by Gasteiger charge is 2.20. The van der Waals surface area contributed by atoms with Crippen LogP contribution in [0.3, 0.4) is 0 Å². The van der Waals surface area contributed by atoms with E-state index in [1.54, 1.807) is 0 Å². The van der Waals surface area contributed by atoms with E-state index >= 15 is 0 Å². The predicted molar refractivity (Wildman–Crippen MR) is 84.2 cm³/mol. The molecule has 1 unspecified atom stereocenters. The largest absolute Gasteiger partial charge is 0.327 e. The number of hydrogen-bond acceptors (Lipinski definition) is 3. The van der Waals surface area contributed by atoms with E-state index in [9.17, 15) is 5.26 Å². The van der Waals surface area contributed by atoms with Gasteiger partial charge in [0.25, 0.3) is 0 Å². The van der Waals surface area contributed by atoms with Crippen molar-refractivity contribution in [2.45, 2.75) is 25.3 Å². The molecule has 4 nitrogen and oxygen atoms in total. The molecule has 2 aromatic rings. The zero-order valence-electron chi connectivity index (χ0n) is 12.2. The van der Waals surface area contributed by atoms with Gasteiger partial charge in [-0.3, -0.25) is 0 Å². The summed E-state index contributed by atoms with van der Waals surface area (Å²) in [4.78, 5) is 6.96. The molecule has 0 radical (unpaired) electrons. The van der Waals surface area contributed by atoms with Crippen molar-refractivity contribution in [2.75, 3.05) is 20.1 Å². The minimum absolute atomic E-state index is 0.377. The number of rotatable bonds is 3. The average Bonchev–Trinajstić information content (AvgIpc) is 2.85. The Bertz CT molecular complexity index is 685. The maximum Gasteiger partial charge on any atom is 0.124 e. The Morgan fingerprint density at radius 1 is 1.48 bits per heavy atom. The Labute approximate surface area is 129 Å². The quantitative estimate of drug-likeness (QED) is 0.819. The molecular formula is C16H19ClN4. The molecule has 0 aliphatic carbocycles. The number of imidazole rings is 1. The van der Waals surface area contributed by atoms with Gasteiger partial charge in [-0.25, -0.2) is 4.98 Å². The fraction of sp³-hybridized carbons (Fsp3) is 0.500. The maximum atomic E-state index is 9.23. The molecule has 110 valence electrons. The molecule has 0 bridgehead atoms. The molecule has 0 N–H and O–H groups in total. The third-order valence-electron chi connectivity index (χ3n) is 4.26. The molecule has 1 atom stereocenters. The van der Waals surface area contributed by atoms with E-state index < -0.39 is 0 Å². The zero-order valence-corrected chi connectivity index (χ0v) is 13.0. The summed E-state index contributed by atoms with van der Waals surface area (Å²) in [7, 11) is 2.18. The zero-order chi connectivity index (χ0) is 14.8. The van der Waals surface area contributed by atoms with Crippen LogP contribution < -0.4 is 0 Å². The summed E-state index contributed by atoms with van der Waals surface area (Å²) < 4.78 is 2.20. The second kappa shape index (κ2) is 6.05. The summed E-state index contributed by atoms with van der Waals surface area (Å²) in [6.45, 7) is 3.22. The van der Waals surface area contributed by atoms with Gasteiger partial charge in [-0.2, -0.15) is 5.26 Å². The maximum absolute atomic E-state index is 9.23. The first-order chi connectivity index (χ1) is 10.2. The summed E-state index contributed by atoms with van der Waals surface area (Å²) in [6, 6.07) is 7.98. The molecule has 21 heavy (non-hydrogen) atoms. The van der Waals surface area contributed by atoms with Crippen LogP contribution in [-0.4, -0.2) is 34.6 Å². The molecule has 1 aromatic heterocycles. The van der Waals surface area contributed by atoms with Crippen molar-refractivity contribution in [2.24, 2.45) is 5.92 Å². The number of alkyl halides is 1. The van der Waals surface area contributed by atoms with Gasteiger partial charge in [0.2, 0.25) is 0 Å². The standard InChI is InChI=1S/C16H19ClN4/c1-20-7-3-4-12(10-20)11-21-14-6-2-5-13(9-18)16(14)19-15(21)8-17/h2,5-6,12H,3-4,7-8,10-11H2,1H3. The summed E-state index contributed by atoms with van der Waals surface area (Å²) in [6.07, 6.45) is 2.48. The minimum atomic E-state index is 0.377. The third kappa shape index (κ3) is 2.76. The highest BCUT2D eigenvalue weighted by Crippen LogP contribution is 2.24. The molecule has 1 aliphatic rings. The van der Waals surface area contributed by atoms with Crippen LogP contribution in [0.2, 0.25) is 0 Å². The van der Waals surface area contributed by atoms with E-state index in [1.165, 1.54) is 19.4 Å². The topological polar surface area (TPSA) is 44.9 Å². The number of nitriles is 1. The Morgan fingerprint density at radius 2 is 2.33 bits per heavy atom. The molecule has 1 fully saturated rings. The van der Waals surface area contributed by atoms with Crippen molar-refractivity contribution in [3.8, 4) is 6.07 Å². The van der Waals surface area contributed by atoms with Crippen LogP contribution in [0.25, 0.3) is 11.0 Å². The first kappa shape index (κ1) is 14.4. The number of para-hydroxylation sites is 1. The van der Waals surface area contributed by atoms with Crippen LogP contribution in [0, 0.1) is 17.2 Å². The molecule has 0 saturated carbocycles. The molecule has 0 spiro atoms. The lowest BCUT2D eigenvalue weighted by Crippen LogP contribution is -2.34. The lowest BCUT2D eigenvalue weighted by Gasteiger charge is -2.30. The summed E-state index contributed by atoms with van der Waals surface area (Å²) in [5.74, 6) is 1.86. The SMILES string of the molecule is CN1CCCC(Cn2c(CCl)nc3c(C#N)cccc32)C1. The van der Waals surface area contributed by atoms with Crippen LogP contribution in [-0.2, 0) is 12.4 Å². The van der Waals surface area contributed by atoms with Gasteiger partial charge in [0.15, 0.2) is 0 Å². The molecule has 5 heteroatoms. The molecule has 1 saturated heterocycles. The van der Waals surface area contributed by atoms with Crippen LogP contribution >= 0.6 is 11.6 Å². The van der Waals surface area contributed by atoms with Crippen LogP contribution in [0.5, 0.6) is 0 Å². The number of aromatic nitrogens is 2. The number of nitrogens with zero attached hydrogens (tertiary/aromatic N) is 4. The monoisotopic (exact) mass is 302 g/mol. The van der Waals surface area contributed by atoms with E-state index in [1.807, 2.05) is 18.2 Å². The Balaban J connectivity index is 1.99. The van der Waals surface area contributed by atoms with E-state index in [-0.39, 0.29) is 0 Å². The van der Waals surface area contributed by atoms with Gasteiger partial charge >= 0.3 is 0 Å². The van der Waals surface area contributed by atoms with E-state index in [0.29, 0.717) is 17.4 Å². The van der Waals surface area contributed by atoms with Crippen LogP contribution in [0.1, 0.15) is 24.2 Å². The molecule has 1 aromatic carbocycles. The van der Waals surface area contributed by atoms with Gasteiger partial charge in [0.1, 0.15) is 17.4 Å². The van der Waals surface area contributed by atoms with Crippen molar-refractivity contribution >= 4 is 22.6 Å². The fourth-order valence-electron chi connectivity index (χ4n) is 3.27. The van der Waals surface area contributed by atoms with E-state index in [2.05, 4.69) is 27.6 Å². The van der Waals surface area contributed by atoms with Crippen molar-refractivity contribution in [1.82, 2.24) is 14.5 Å². The number of hydrogen-bond donors (Lipinski definition) is 0. The van der Waals surface area contributed by atoms with Gasteiger partial charge in [-0.05, 0) is 44.5 Å². The first-order valence-corrected chi connectivity index (χ1v) is 7.89.